The van der Waals surface area contributed by atoms with Gasteiger partial charge in [-0.2, -0.15) is 0 Å². The molecular formula is C16H21NO2S2. The highest BCUT2D eigenvalue weighted by molar-refractivity contribution is 7.94. The van der Waals surface area contributed by atoms with Crippen LogP contribution in [0.25, 0.3) is 0 Å². The Labute approximate surface area is 130 Å². The van der Waals surface area contributed by atoms with E-state index >= 15 is 0 Å². The highest BCUT2D eigenvalue weighted by atomic mass is 32.2. The molecule has 0 bridgehead atoms. The third-order valence-corrected chi connectivity index (χ3v) is 7.19. The molecule has 21 heavy (non-hydrogen) atoms. The molecule has 3 nitrogen and oxygen atoms in total. The van der Waals surface area contributed by atoms with Crippen molar-refractivity contribution < 1.29 is 8.42 Å². The van der Waals surface area contributed by atoms with E-state index in [0.717, 1.165) is 12.1 Å². The number of nitrogens with one attached hydrogen (secondary N) is 1. The first-order chi connectivity index (χ1) is 9.96. The van der Waals surface area contributed by atoms with E-state index in [-0.39, 0.29) is 6.04 Å². The third-order valence-electron chi connectivity index (χ3n) is 3.59. The van der Waals surface area contributed by atoms with Gasteiger partial charge >= 0.3 is 0 Å². The maximum absolute atomic E-state index is 12.7. The summed E-state index contributed by atoms with van der Waals surface area (Å²) in [5.41, 5.74) is 2.18. The summed E-state index contributed by atoms with van der Waals surface area (Å²) in [6, 6.07) is 11.3. The van der Waals surface area contributed by atoms with Gasteiger partial charge in [0.25, 0.3) is 0 Å². The zero-order valence-corrected chi connectivity index (χ0v) is 14.2. The molecule has 1 heterocycles. The standard InChI is InChI=1S/C16H21NO2S2/c1-4-17-16(14-9-7-12(2)8-10-14)13(3)21(18,19)15-6-5-11-20-15/h5-11,13,16-17H,4H2,1-3H3. The molecule has 0 aliphatic heterocycles. The molecule has 1 aromatic heterocycles. The Morgan fingerprint density at radius 2 is 1.86 bits per heavy atom. The predicted molar refractivity (Wildman–Crippen MR) is 88.6 cm³/mol. The first-order valence-corrected chi connectivity index (χ1v) is 9.46. The summed E-state index contributed by atoms with van der Waals surface area (Å²) in [6.45, 7) is 6.52. The third kappa shape index (κ3) is 3.54. The Balaban J connectivity index is 2.36. The van der Waals surface area contributed by atoms with E-state index in [2.05, 4.69) is 5.32 Å². The van der Waals surface area contributed by atoms with Crippen LogP contribution in [0.15, 0.2) is 46.0 Å². The van der Waals surface area contributed by atoms with Crippen molar-refractivity contribution in [3.63, 3.8) is 0 Å². The molecule has 0 radical (unpaired) electrons. The molecule has 2 rings (SSSR count). The number of aryl methyl sites for hydroxylation is 1. The van der Waals surface area contributed by atoms with Crippen LogP contribution in [0.5, 0.6) is 0 Å². The molecule has 2 aromatic rings. The Hall–Kier alpha value is -1.17. The maximum Gasteiger partial charge on any atom is 0.192 e. The molecule has 0 aliphatic rings. The summed E-state index contributed by atoms with van der Waals surface area (Å²) >= 11 is 1.28. The van der Waals surface area contributed by atoms with Crippen LogP contribution in [0, 0.1) is 6.92 Å². The molecule has 0 fully saturated rings. The molecule has 0 aliphatic carbocycles. The minimum absolute atomic E-state index is 0.206. The van der Waals surface area contributed by atoms with Crippen molar-refractivity contribution in [2.24, 2.45) is 0 Å². The molecule has 2 atom stereocenters. The van der Waals surface area contributed by atoms with Gasteiger partial charge < -0.3 is 5.32 Å². The zero-order valence-electron chi connectivity index (χ0n) is 12.5. The number of benzene rings is 1. The first-order valence-electron chi connectivity index (χ1n) is 7.04. The van der Waals surface area contributed by atoms with E-state index in [1.807, 2.05) is 38.1 Å². The van der Waals surface area contributed by atoms with E-state index in [1.165, 1.54) is 16.9 Å². The Bertz CT molecular complexity index is 661. The van der Waals surface area contributed by atoms with Gasteiger partial charge in [-0.3, -0.25) is 0 Å². The van der Waals surface area contributed by atoms with Crippen LogP contribution in [0.4, 0.5) is 0 Å². The van der Waals surface area contributed by atoms with Crippen molar-refractivity contribution in [2.45, 2.75) is 36.3 Å². The van der Waals surface area contributed by atoms with Crippen LogP contribution in [-0.2, 0) is 9.84 Å². The minimum atomic E-state index is -3.32. The molecule has 1 N–H and O–H groups in total. The Kier molecular flexibility index (Phi) is 5.19. The fourth-order valence-electron chi connectivity index (χ4n) is 2.34. The van der Waals surface area contributed by atoms with Crippen molar-refractivity contribution in [2.75, 3.05) is 6.54 Å². The summed E-state index contributed by atoms with van der Waals surface area (Å²) in [5.74, 6) is 0. The lowest BCUT2D eigenvalue weighted by atomic mass is 10.0. The van der Waals surface area contributed by atoms with Gasteiger partial charge in [0.1, 0.15) is 4.21 Å². The highest BCUT2D eigenvalue weighted by Gasteiger charge is 2.32. The van der Waals surface area contributed by atoms with Gasteiger partial charge in [-0.15, -0.1) is 11.3 Å². The van der Waals surface area contributed by atoms with Gasteiger partial charge in [0, 0.05) is 6.04 Å². The van der Waals surface area contributed by atoms with Crippen LogP contribution in [0.3, 0.4) is 0 Å². The molecule has 0 saturated carbocycles. The van der Waals surface area contributed by atoms with Gasteiger partial charge in [0.2, 0.25) is 0 Å². The molecular weight excluding hydrogens is 302 g/mol. The second-order valence-electron chi connectivity index (χ2n) is 5.13. The minimum Gasteiger partial charge on any atom is -0.309 e. The Morgan fingerprint density at radius 1 is 1.19 bits per heavy atom. The highest BCUT2D eigenvalue weighted by Crippen LogP contribution is 2.29. The van der Waals surface area contributed by atoms with Crippen molar-refractivity contribution >= 4 is 21.2 Å². The fraction of sp³-hybridized carbons (Fsp3) is 0.375. The number of thiophene rings is 1. The molecule has 0 amide bonds. The zero-order chi connectivity index (χ0) is 15.5. The average Bonchev–Trinajstić information content (AvgIpc) is 3.00. The van der Waals surface area contributed by atoms with Crippen molar-refractivity contribution in [3.05, 3.63) is 52.9 Å². The van der Waals surface area contributed by atoms with Crippen LogP contribution < -0.4 is 5.32 Å². The normalized spacial score (nSPS) is 14.8. The first kappa shape index (κ1) is 16.2. The van der Waals surface area contributed by atoms with Crippen LogP contribution in [0.1, 0.15) is 31.0 Å². The topological polar surface area (TPSA) is 46.2 Å². The van der Waals surface area contributed by atoms with Crippen molar-refractivity contribution in [1.82, 2.24) is 5.32 Å². The van der Waals surface area contributed by atoms with Crippen LogP contribution >= 0.6 is 11.3 Å². The second-order valence-corrected chi connectivity index (χ2v) is 8.61. The number of sulfone groups is 1. The van der Waals surface area contributed by atoms with E-state index < -0.39 is 15.1 Å². The lowest BCUT2D eigenvalue weighted by Crippen LogP contribution is -2.35. The SMILES string of the molecule is CCNC(c1ccc(C)cc1)C(C)S(=O)(=O)c1cccs1. The van der Waals surface area contributed by atoms with E-state index in [1.54, 1.807) is 24.4 Å². The maximum atomic E-state index is 12.7. The predicted octanol–water partition coefficient (Wildman–Crippen LogP) is 3.57. The van der Waals surface area contributed by atoms with Gasteiger partial charge in [-0.1, -0.05) is 42.8 Å². The molecule has 114 valence electrons. The van der Waals surface area contributed by atoms with Crippen LogP contribution in [0.2, 0.25) is 0 Å². The lowest BCUT2D eigenvalue weighted by molar-refractivity contribution is 0.511. The molecule has 0 saturated heterocycles. The quantitative estimate of drug-likeness (QED) is 0.884. The summed E-state index contributed by atoms with van der Waals surface area (Å²) < 4.78 is 25.9. The summed E-state index contributed by atoms with van der Waals surface area (Å²) in [7, 11) is -3.32. The monoisotopic (exact) mass is 323 g/mol. The molecule has 1 aromatic carbocycles. The smallest absolute Gasteiger partial charge is 0.192 e. The van der Waals surface area contributed by atoms with Crippen molar-refractivity contribution in [1.29, 1.82) is 0 Å². The van der Waals surface area contributed by atoms with Gasteiger partial charge in [0.05, 0.1) is 5.25 Å². The lowest BCUT2D eigenvalue weighted by Gasteiger charge is -2.25. The summed E-state index contributed by atoms with van der Waals surface area (Å²) in [5, 5.41) is 4.60. The Morgan fingerprint density at radius 3 is 2.38 bits per heavy atom. The van der Waals surface area contributed by atoms with Crippen LogP contribution in [-0.4, -0.2) is 20.2 Å². The second kappa shape index (κ2) is 6.73. The molecule has 0 spiro atoms. The van der Waals surface area contributed by atoms with Crippen molar-refractivity contribution in [3.8, 4) is 0 Å². The van der Waals surface area contributed by atoms with E-state index in [9.17, 15) is 8.42 Å². The number of hydrogen-bond donors (Lipinski definition) is 1. The largest absolute Gasteiger partial charge is 0.309 e. The fourth-order valence-corrected chi connectivity index (χ4v) is 5.19. The molecule has 2 unspecified atom stereocenters. The van der Waals surface area contributed by atoms with Gasteiger partial charge in [-0.25, -0.2) is 8.42 Å². The number of hydrogen-bond acceptors (Lipinski definition) is 4. The molecule has 5 heteroatoms. The van der Waals surface area contributed by atoms with E-state index in [4.69, 9.17) is 0 Å². The summed E-state index contributed by atoms with van der Waals surface area (Å²) in [6.07, 6.45) is 0. The number of rotatable bonds is 6. The summed E-state index contributed by atoms with van der Waals surface area (Å²) in [4.78, 5) is 0. The van der Waals surface area contributed by atoms with Gasteiger partial charge in [-0.05, 0) is 37.4 Å². The van der Waals surface area contributed by atoms with Gasteiger partial charge in [0.15, 0.2) is 9.84 Å². The van der Waals surface area contributed by atoms with E-state index in [0.29, 0.717) is 4.21 Å². The average molecular weight is 323 g/mol.